The second-order valence-electron chi connectivity index (χ2n) is 6.58. The van der Waals surface area contributed by atoms with Gasteiger partial charge in [0.25, 0.3) is 11.5 Å². The van der Waals surface area contributed by atoms with Crippen molar-refractivity contribution in [3.63, 3.8) is 0 Å². The Balaban J connectivity index is 1.66. The summed E-state index contributed by atoms with van der Waals surface area (Å²) in [6.07, 6.45) is 0. The summed E-state index contributed by atoms with van der Waals surface area (Å²) in [4.78, 5) is 25.7. The largest absolute Gasteiger partial charge is 0.299 e. The summed E-state index contributed by atoms with van der Waals surface area (Å²) in [7, 11) is 1.79. The maximum Gasteiger partial charge on any atom is 0.299 e. The fourth-order valence-corrected chi connectivity index (χ4v) is 3.16. The first-order chi connectivity index (χ1) is 14.0. The summed E-state index contributed by atoms with van der Waals surface area (Å²) in [6.45, 7) is 5.67. The molecule has 0 saturated carbocycles. The SMILES string of the molecule is C=C1NN(c2ccccc2)C(=O)/C1=N\Nc1c(C)n(C)n(-c2ccccc2)c1=O. The van der Waals surface area contributed by atoms with Gasteiger partial charge in [-0.3, -0.25) is 25.1 Å². The van der Waals surface area contributed by atoms with Crippen LogP contribution in [0.25, 0.3) is 5.69 Å². The van der Waals surface area contributed by atoms with E-state index in [1.54, 1.807) is 23.9 Å². The van der Waals surface area contributed by atoms with Gasteiger partial charge in [-0.25, -0.2) is 9.69 Å². The van der Waals surface area contributed by atoms with Crippen LogP contribution < -0.4 is 21.4 Å². The Kier molecular flexibility index (Phi) is 4.52. The highest BCUT2D eigenvalue weighted by molar-refractivity contribution is 6.51. The van der Waals surface area contributed by atoms with Crippen LogP contribution in [0, 0.1) is 6.92 Å². The van der Waals surface area contributed by atoms with Crippen LogP contribution in [0.2, 0.25) is 0 Å². The van der Waals surface area contributed by atoms with Gasteiger partial charge < -0.3 is 0 Å². The van der Waals surface area contributed by atoms with Crippen molar-refractivity contribution < 1.29 is 4.79 Å². The van der Waals surface area contributed by atoms with Gasteiger partial charge in [0.1, 0.15) is 5.69 Å². The van der Waals surface area contributed by atoms with E-state index in [1.165, 1.54) is 9.69 Å². The Morgan fingerprint density at radius 3 is 2.17 bits per heavy atom. The molecule has 8 nitrogen and oxygen atoms in total. The lowest BCUT2D eigenvalue weighted by Gasteiger charge is -2.14. The zero-order valence-corrected chi connectivity index (χ0v) is 16.1. The summed E-state index contributed by atoms with van der Waals surface area (Å²) >= 11 is 0. The van der Waals surface area contributed by atoms with Crippen LogP contribution in [0.3, 0.4) is 0 Å². The molecule has 1 aromatic heterocycles. The van der Waals surface area contributed by atoms with Crippen LogP contribution in [0.4, 0.5) is 11.4 Å². The van der Waals surface area contributed by atoms with Crippen LogP contribution in [0.1, 0.15) is 5.69 Å². The predicted molar refractivity (Wildman–Crippen MR) is 113 cm³/mol. The third kappa shape index (κ3) is 3.10. The van der Waals surface area contributed by atoms with Crippen LogP contribution in [0.5, 0.6) is 0 Å². The van der Waals surface area contributed by atoms with Crippen molar-refractivity contribution in [2.75, 3.05) is 10.4 Å². The van der Waals surface area contributed by atoms with E-state index < -0.39 is 0 Å². The number of hydrazone groups is 1. The Labute approximate surface area is 167 Å². The second-order valence-corrected chi connectivity index (χ2v) is 6.58. The maximum absolute atomic E-state index is 12.9. The second kappa shape index (κ2) is 7.16. The molecule has 1 fully saturated rings. The van der Waals surface area contributed by atoms with E-state index in [-0.39, 0.29) is 17.2 Å². The summed E-state index contributed by atoms with van der Waals surface area (Å²) in [5, 5.41) is 5.55. The molecule has 29 heavy (non-hydrogen) atoms. The summed E-state index contributed by atoms with van der Waals surface area (Å²) in [6, 6.07) is 18.4. The number of rotatable bonds is 4. The van der Waals surface area contributed by atoms with E-state index >= 15 is 0 Å². The molecule has 146 valence electrons. The third-order valence-corrected chi connectivity index (χ3v) is 4.79. The first-order valence-electron chi connectivity index (χ1n) is 9.02. The molecular weight excluding hydrogens is 368 g/mol. The molecular formula is C21H20N6O2. The molecule has 0 spiro atoms. The number of anilines is 2. The number of hydrogen-bond acceptors (Lipinski definition) is 5. The molecule has 2 aromatic carbocycles. The number of carbonyl (C=O) groups is 1. The first-order valence-corrected chi connectivity index (χ1v) is 9.02. The fraction of sp³-hybridized carbons (Fsp3) is 0.0952. The van der Waals surface area contributed by atoms with Crippen LogP contribution in [0.15, 0.2) is 82.8 Å². The number of carbonyl (C=O) groups excluding carboxylic acids is 1. The average Bonchev–Trinajstić information content (AvgIpc) is 3.14. The molecule has 2 heterocycles. The van der Waals surface area contributed by atoms with E-state index in [9.17, 15) is 9.59 Å². The minimum absolute atomic E-state index is 0.114. The number of aromatic nitrogens is 2. The molecule has 2 N–H and O–H groups in total. The van der Waals surface area contributed by atoms with Crippen molar-refractivity contribution in [1.29, 1.82) is 0 Å². The van der Waals surface area contributed by atoms with Crippen molar-refractivity contribution in [1.82, 2.24) is 14.8 Å². The molecule has 1 aliphatic rings. The zero-order chi connectivity index (χ0) is 20.5. The van der Waals surface area contributed by atoms with Gasteiger partial charge in [-0.2, -0.15) is 5.10 Å². The lowest BCUT2D eigenvalue weighted by Crippen LogP contribution is -2.34. The predicted octanol–water partition coefficient (Wildman–Crippen LogP) is 2.32. The van der Waals surface area contributed by atoms with Crippen molar-refractivity contribution >= 4 is 23.0 Å². The Morgan fingerprint density at radius 1 is 0.966 bits per heavy atom. The van der Waals surface area contributed by atoms with Crippen molar-refractivity contribution in [2.24, 2.45) is 12.1 Å². The average molecular weight is 388 g/mol. The number of nitrogens with one attached hydrogen (secondary N) is 2. The number of hydrazine groups is 1. The van der Waals surface area contributed by atoms with E-state index in [1.807, 2.05) is 55.5 Å². The van der Waals surface area contributed by atoms with Gasteiger partial charge in [-0.1, -0.05) is 43.0 Å². The summed E-state index contributed by atoms with van der Waals surface area (Å²) in [5.41, 5.74) is 8.28. The number of nitrogens with zero attached hydrogens (tertiary/aromatic N) is 4. The summed E-state index contributed by atoms with van der Waals surface area (Å²) in [5.74, 6) is -0.356. The molecule has 0 atom stereocenters. The lowest BCUT2D eigenvalue weighted by molar-refractivity contribution is -0.112. The minimum Gasteiger partial charge on any atom is -0.289 e. The summed E-state index contributed by atoms with van der Waals surface area (Å²) < 4.78 is 3.28. The first kappa shape index (κ1) is 18.3. The van der Waals surface area contributed by atoms with Crippen LogP contribution >= 0.6 is 0 Å². The lowest BCUT2D eigenvalue weighted by atomic mass is 10.3. The van der Waals surface area contributed by atoms with E-state index in [0.717, 1.165) is 5.69 Å². The molecule has 4 rings (SSSR count). The van der Waals surface area contributed by atoms with Gasteiger partial charge in [-0.15, -0.1) is 0 Å². The highest BCUT2D eigenvalue weighted by atomic mass is 16.2. The van der Waals surface area contributed by atoms with E-state index in [4.69, 9.17) is 0 Å². The molecule has 0 unspecified atom stereocenters. The molecule has 0 radical (unpaired) electrons. The molecule has 8 heteroatoms. The van der Waals surface area contributed by atoms with Crippen LogP contribution in [-0.2, 0) is 11.8 Å². The number of amides is 1. The third-order valence-electron chi connectivity index (χ3n) is 4.79. The molecule has 0 aliphatic carbocycles. The Bertz CT molecular complexity index is 1180. The Morgan fingerprint density at radius 2 is 1.55 bits per heavy atom. The normalized spacial score (nSPS) is 15.1. The number of hydrogen-bond donors (Lipinski definition) is 2. The van der Waals surface area contributed by atoms with Gasteiger partial charge in [0.15, 0.2) is 5.71 Å². The van der Waals surface area contributed by atoms with E-state index in [0.29, 0.717) is 22.8 Å². The molecule has 1 amide bonds. The monoisotopic (exact) mass is 388 g/mol. The standard InChI is InChI=1S/C21H20N6O2/c1-14-18(20(28)26(24-14)16-10-6-4-7-11-16)22-23-19-15(2)25(3)27(21(19)29)17-12-8-5-9-13-17/h4-13,23-24H,1H2,2-3H3/b22-18-. The quantitative estimate of drug-likeness (QED) is 0.672. The zero-order valence-electron chi connectivity index (χ0n) is 16.1. The highest BCUT2D eigenvalue weighted by Gasteiger charge is 2.32. The molecule has 1 saturated heterocycles. The number of benzene rings is 2. The Hall–Kier alpha value is -4.07. The smallest absolute Gasteiger partial charge is 0.289 e. The number of para-hydroxylation sites is 2. The van der Waals surface area contributed by atoms with Crippen LogP contribution in [-0.4, -0.2) is 21.0 Å². The van der Waals surface area contributed by atoms with Gasteiger partial charge in [0.05, 0.1) is 22.8 Å². The topological polar surface area (TPSA) is 83.7 Å². The van der Waals surface area contributed by atoms with E-state index in [2.05, 4.69) is 22.5 Å². The maximum atomic E-state index is 12.9. The molecule has 0 bridgehead atoms. The van der Waals surface area contributed by atoms with Crippen molar-refractivity contribution in [2.45, 2.75) is 6.92 Å². The molecule has 3 aromatic rings. The van der Waals surface area contributed by atoms with Crippen molar-refractivity contribution in [3.8, 4) is 5.69 Å². The van der Waals surface area contributed by atoms with Gasteiger partial charge in [0.2, 0.25) is 0 Å². The van der Waals surface area contributed by atoms with Gasteiger partial charge >= 0.3 is 0 Å². The molecule has 1 aliphatic heterocycles. The highest BCUT2D eigenvalue weighted by Crippen LogP contribution is 2.19. The fourth-order valence-electron chi connectivity index (χ4n) is 3.16. The van der Waals surface area contributed by atoms with Crippen molar-refractivity contribution in [3.05, 3.63) is 89.0 Å². The minimum atomic E-state index is -0.356. The van der Waals surface area contributed by atoms with Gasteiger partial charge in [0, 0.05) is 7.05 Å². The van der Waals surface area contributed by atoms with Gasteiger partial charge in [-0.05, 0) is 31.2 Å².